The summed E-state index contributed by atoms with van der Waals surface area (Å²) in [6, 6.07) is 4.49. The van der Waals surface area contributed by atoms with E-state index in [2.05, 4.69) is 20.1 Å². The van der Waals surface area contributed by atoms with E-state index in [4.69, 9.17) is 14.0 Å². The van der Waals surface area contributed by atoms with E-state index in [1.165, 1.54) is 0 Å². The van der Waals surface area contributed by atoms with E-state index >= 15 is 0 Å². The second kappa shape index (κ2) is 6.74. The van der Waals surface area contributed by atoms with Crippen molar-refractivity contribution < 1.29 is 14.0 Å². The third-order valence-electron chi connectivity index (χ3n) is 3.49. The van der Waals surface area contributed by atoms with Crippen molar-refractivity contribution in [3.05, 3.63) is 41.0 Å². The predicted molar refractivity (Wildman–Crippen MR) is 88.3 cm³/mol. The standard InChI is InChI=1S/C17H20N4O3/c1-10-7-14(16-20-13(4)24-21-16)8-11(2)15(10)22-5-6-23-17-18-9-12(3)19-17/h7-9H,5-6H2,1-4H3,(H,18,19). The molecule has 0 aliphatic carbocycles. The first-order valence-electron chi connectivity index (χ1n) is 7.72. The molecule has 1 N–H and O–H groups in total. The summed E-state index contributed by atoms with van der Waals surface area (Å²) in [6.45, 7) is 8.54. The van der Waals surface area contributed by atoms with Crippen LogP contribution in [-0.4, -0.2) is 33.3 Å². The minimum Gasteiger partial charge on any atom is -0.489 e. The topological polar surface area (TPSA) is 86.1 Å². The van der Waals surface area contributed by atoms with Crippen molar-refractivity contribution in [1.29, 1.82) is 0 Å². The molecule has 7 heteroatoms. The first kappa shape index (κ1) is 16.0. The zero-order chi connectivity index (χ0) is 17.1. The molecule has 0 saturated carbocycles. The molecule has 0 unspecified atom stereocenters. The largest absolute Gasteiger partial charge is 0.489 e. The summed E-state index contributed by atoms with van der Waals surface area (Å²) in [5.41, 5.74) is 3.91. The van der Waals surface area contributed by atoms with Gasteiger partial charge in [-0.25, -0.2) is 4.98 Å². The van der Waals surface area contributed by atoms with E-state index in [-0.39, 0.29) is 0 Å². The third-order valence-corrected chi connectivity index (χ3v) is 3.49. The quantitative estimate of drug-likeness (QED) is 0.700. The van der Waals surface area contributed by atoms with Gasteiger partial charge in [-0.3, -0.25) is 0 Å². The first-order valence-corrected chi connectivity index (χ1v) is 7.72. The average Bonchev–Trinajstić information content (AvgIpc) is 3.14. The molecule has 24 heavy (non-hydrogen) atoms. The molecule has 0 aliphatic heterocycles. The Morgan fingerprint density at radius 1 is 1.04 bits per heavy atom. The number of H-pyrrole nitrogens is 1. The highest BCUT2D eigenvalue weighted by atomic mass is 16.5. The normalized spacial score (nSPS) is 10.8. The Kier molecular flexibility index (Phi) is 4.50. The van der Waals surface area contributed by atoms with Crippen LogP contribution in [0.1, 0.15) is 22.7 Å². The Hall–Kier alpha value is -2.83. The summed E-state index contributed by atoms with van der Waals surface area (Å²) in [5, 5.41) is 3.95. The molecule has 2 heterocycles. The molecule has 1 aromatic carbocycles. The number of nitrogens with zero attached hydrogens (tertiary/aromatic N) is 3. The van der Waals surface area contributed by atoms with Gasteiger partial charge in [-0.15, -0.1) is 0 Å². The van der Waals surface area contributed by atoms with Crippen LogP contribution in [0.4, 0.5) is 0 Å². The summed E-state index contributed by atoms with van der Waals surface area (Å²) < 4.78 is 16.4. The van der Waals surface area contributed by atoms with E-state index in [1.54, 1.807) is 13.1 Å². The number of rotatable bonds is 6. The van der Waals surface area contributed by atoms with Gasteiger partial charge in [0, 0.05) is 18.2 Å². The monoisotopic (exact) mass is 328 g/mol. The average molecular weight is 328 g/mol. The van der Waals surface area contributed by atoms with Gasteiger partial charge in [-0.1, -0.05) is 5.16 Å². The van der Waals surface area contributed by atoms with Gasteiger partial charge < -0.3 is 19.0 Å². The minimum absolute atomic E-state index is 0.414. The Morgan fingerprint density at radius 3 is 2.33 bits per heavy atom. The van der Waals surface area contributed by atoms with E-state index in [0.29, 0.717) is 30.9 Å². The molecule has 0 spiro atoms. The molecule has 126 valence electrons. The molecule has 0 aliphatic rings. The summed E-state index contributed by atoms with van der Waals surface area (Å²) in [5.74, 6) is 1.98. The smallest absolute Gasteiger partial charge is 0.293 e. The number of ether oxygens (including phenoxy) is 2. The number of aromatic amines is 1. The third kappa shape index (κ3) is 3.56. The van der Waals surface area contributed by atoms with Gasteiger partial charge in [-0.2, -0.15) is 4.98 Å². The zero-order valence-corrected chi connectivity index (χ0v) is 14.2. The SMILES string of the molecule is Cc1cnc(OCCOc2c(C)cc(-c3noc(C)n3)cc2C)[nH]1. The highest BCUT2D eigenvalue weighted by Crippen LogP contribution is 2.29. The highest BCUT2D eigenvalue weighted by molar-refractivity contribution is 5.60. The molecule has 2 aromatic heterocycles. The van der Waals surface area contributed by atoms with E-state index in [0.717, 1.165) is 28.1 Å². The fourth-order valence-electron chi connectivity index (χ4n) is 2.47. The Morgan fingerprint density at radius 2 is 1.75 bits per heavy atom. The molecule has 0 radical (unpaired) electrons. The zero-order valence-electron chi connectivity index (χ0n) is 14.2. The number of hydrogen-bond donors (Lipinski definition) is 1. The Balaban J connectivity index is 1.63. The molecular weight excluding hydrogens is 308 g/mol. The number of nitrogens with one attached hydrogen (secondary N) is 1. The van der Waals surface area contributed by atoms with Crippen molar-refractivity contribution in [3.63, 3.8) is 0 Å². The van der Waals surface area contributed by atoms with Crippen LogP contribution in [0.5, 0.6) is 11.8 Å². The van der Waals surface area contributed by atoms with E-state index in [1.807, 2.05) is 32.9 Å². The van der Waals surface area contributed by atoms with E-state index < -0.39 is 0 Å². The van der Waals surface area contributed by atoms with Crippen LogP contribution in [0, 0.1) is 27.7 Å². The van der Waals surface area contributed by atoms with Gasteiger partial charge in [-0.05, 0) is 44.0 Å². The second-order valence-electron chi connectivity index (χ2n) is 5.64. The van der Waals surface area contributed by atoms with Crippen molar-refractivity contribution >= 4 is 0 Å². The van der Waals surface area contributed by atoms with Crippen LogP contribution in [0.25, 0.3) is 11.4 Å². The van der Waals surface area contributed by atoms with Gasteiger partial charge in [0.2, 0.25) is 11.7 Å². The van der Waals surface area contributed by atoms with Crippen LogP contribution in [0.2, 0.25) is 0 Å². The van der Waals surface area contributed by atoms with Crippen molar-refractivity contribution in [1.82, 2.24) is 20.1 Å². The first-order chi connectivity index (χ1) is 11.5. The minimum atomic E-state index is 0.414. The van der Waals surface area contributed by atoms with Gasteiger partial charge in [0.15, 0.2) is 0 Å². The molecule has 0 fully saturated rings. The number of hydrogen-bond acceptors (Lipinski definition) is 6. The molecule has 0 saturated heterocycles. The number of benzene rings is 1. The van der Waals surface area contributed by atoms with Gasteiger partial charge in [0.05, 0.1) is 6.20 Å². The summed E-state index contributed by atoms with van der Waals surface area (Å²) in [7, 11) is 0. The van der Waals surface area contributed by atoms with Gasteiger partial charge >= 0.3 is 0 Å². The molecule has 0 bridgehead atoms. The fraction of sp³-hybridized carbons (Fsp3) is 0.353. The molecular formula is C17H20N4O3. The summed E-state index contributed by atoms with van der Waals surface area (Å²) in [4.78, 5) is 11.4. The molecule has 0 atom stereocenters. The molecule has 0 amide bonds. The highest BCUT2D eigenvalue weighted by Gasteiger charge is 2.11. The fourth-order valence-corrected chi connectivity index (χ4v) is 2.47. The second-order valence-corrected chi connectivity index (χ2v) is 5.64. The molecule has 7 nitrogen and oxygen atoms in total. The summed E-state index contributed by atoms with van der Waals surface area (Å²) in [6.07, 6.45) is 1.73. The van der Waals surface area contributed by atoms with E-state index in [9.17, 15) is 0 Å². The Bertz CT molecular complexity index is 815. The van der Waals surface area contributed by atoms with Crippen molar-refractivity contribution in [2.75, 3.05) is 13.2 Å². The van der Waals surface area contributed by atoms with Crippen LogP contribution < -0.4 is 9.47 Å². The maximum Gasteiger partial charge on any atom is 0.293 e. The van der Waals surface area contributed by atoms with Gasteiger partial charge in [0.1, 0.15) is 19.0 Å². The van der Waals surface area contributed by atoms with Gasteiger partial charge in [0.25, 0.3) is 6.01 Å². The lowest BCUT2D eigenvalue weighted by atomic mass is 10.1. The lowest BCUT2D eigenvalue weighted by Gasteiger charge is -2.13. The van der Waals surface area contributed by atoms with Crippen LogP contribution in [-0.2, 0) is 0 Å². The number of aromatic nitrogens is 4. The maximum absolute atomic E-state index is 5.86. The van der Waals surface area contributed by atoms with Crippen LogP contribution in [0.3, 0.4) is 0 Å². The number of aryl methyl sites for hydroxylation is 4. The predicted octanol–water partition coefficient (Wildman–Crippen LogP) is 3.15. The van der Waals surface area contributed by atoms with Crippen molar-refractivity contribution in [2.45, 2.75) is 27.7 Å². The van der Waals surface area contributed by atoms with Crippen molar-refractivity contribution in [3.8, 4) is 23.1 Å². The molecule has 3 rings (SSSR count). The Labute approximate surface area is 140 Å². The van der Waals surface area contributed by atoms with Crippen LogP contribution in [0.15, 0.2) is 22.9 Å². The number of imidazole rings is 1. The van der Waals surface area contributed by atoms with Crippen molar-refractivity contribution in [2.24, 2.45) is 0 Å². The maximum atomic E-state index is 5.86. The molecule has 3 aromatic rings. The lowest BCUT2D eigenvalue weighted by Crippen LogP contribution is -2.11. The summed E-state index contributed by atoms with van der Waals surface area (Å²) >= 11 is 0. The lowest BCUT2D eigenvalue weighted by molar-refractivity contribution is 0.206. The van der Waals surface area contributed by atoms with Crippen LogP contribution >= 0.6 is 0 Å².